The minimum absolute atomic E-state index is 0.242. The number of hydrogen-bond donors (Lipinski definition) is 0. The molecule has 0 unspecified atom stereocenters. The third kappa shape index (κ3) is 3.39. The first-order chi connectivity index (χ1) is 9.86. The molecule has 0 aliphatic rings. The van der Waals surface area contributed by atoms with Crippen LogP contribution in [-0.4, -0.2) is 6.71 Å². The van der Waals surface area contributed by atoms with Gasteiger partial charge in [-0.2, -0.15) is 0 Å². The summed E-state index contributed by atoms with van der Waals surface area (Å²) in [6, 6.07) is 21.2. The second-order valence-electron chi connectivity index (χ2n) is 4.66. The molecule has 0 nitrogen and oxygen atoms in total. The van der Waals surface area contributed by atoms with Gasteiger partial charge in [-0.15, -0.1) is 0 Å². The van der Waals surface area contributed by atoms with Gasteiger partial charge in [0.15, 0.2) is 0 Å². The van der Waals surface area contributed by atoms with E-state index in [1.807, 2.05) is 13.0 Å². The molecule has 0 aliphatic carbocycles. The van der Waals surface area contributed by atoms with Crippen LogP contribution in [0.15, 0.2) is 97.0 Å². The van der Waals surface area contributed by atoms with Crippen molar-refractivity contribution in [3.63, 3.8) is 0 Å². The molecule has 2 aromatic carbocycles. The first-order valence-corrected chi connectivity index (χ1v) is 6.92. The number of rotatable bonds is 5. The molecule has 0 aliphatic heterocycles. The Hall–Kier alpha value is -2.28. The molecule has 0 amide bonds. The van der Waals surface area contributed by atoms with E-state index in [0.29, 0.717) is 0 Å². The van der Waals surface area contributed by atoms with E-state index in [1.165, 1.54) is 16.4 Å². The number of hydrogen-bond acceptors (Lipinski definition) is 0. The first kappa shape index (κ1) is 14.1. The summed E-state index contributed by atoms with van der Waals surface area (Å²) in [5.41, 5.74) is 3.84. The van der Waals surface area contributed by atoms with E-state index in [1.54, 1.807) is 0 Å². The highest BCUT2D eigenvalue weighted by Crippen LogP contribution is 2.06. The lowest BCUT2D eigenvalue weighted by atomic mass is 9.36. The largest absolute Gasteiger partial charge is 0.241 e. The van der Waals surface area contributed by atoms with Gasteiger partial charge in [0.1, 0.15) is 0 Å². The molecule has 2 rings (SSSR count). The quantitative estimate of drug-likeness (QED) is 0.568. The molecule has 1 heteroatoms. The number of benzene rings is 2. The fraction of sp³-hybridized carbons (Fsp3) is 0.0526. The topological polar surface area (TPSA) is 0 Å². The fourth-order valence-corrected chi connectivity index (χ4v) is 2.44. The first-order valence-electron chi connectivity index (χ1n) is 6.92. The summed E-state index contributed by atoms with van der Waals surface area (Å²) in [5, 5.41) is 0. The molecular weight excluding hydrogens is 239 g/mol. The Morgan fingerprint density at radius 1 is 0.900 bits per heavy atom. The van der Waals surface area contributed by atoms with E-state index < -0.39 is 0 Å². The van der Waals surface area contributed by atoms with E-state index in [-0.39, 0.29) is 6.71 Å². The predicted molar refractivity (Wildman–Crippen MR) is 91.0 cm³/mol. The van der Waals surface area contributed by atoms with Gasteiger partial charge in [0.05, 0.1) is 0 Å². The van der Waals surface area contributed by atoms with Gasteiger partial charge in [-0.3, -0.25) is 0 Å². The molecule has 0 N–H and O–H groups in total. The molecule has 0 bridgehead atoms. The summed E-state index contributed by atoms with van der Waals surface area (Å²) in [5.74, 6) is 0. The minimum atomic E-state index is 0.242. The molecule has 0 atom stereocenters. The summed E-state index contributed by atoms with van der Waals surface area (Å²) in [6.07, 6.45) is 8.18. The van der Waals surface area contributed by atoms with Crippen molar-refractivity contribution in [3.8, 4) is 0 Å². The average molecular weight is 258 g/mol. The summed E-state index contributed by atoms with van der Waals surface area (Å²) in [6.45, 7) is 6.13. The lowest BCUT2D eigenvalue weighted by Gasteiger charge is -2.16. The van der Waals surface area contributed by atoms with Gasteiger partial charge in [-0.05, 0) is 6.92 Å². The molecule has 0 saturated carbocycles. The van der Waals surface area contributed by atoms with Crippen molar-refractivity contribution in [1.82, 2.24) is 0 Å². The van der Waals surface area contributed by atoms with Gasteiger partial charge in [-0.25, -0.2) is 0 Å². The zero-order valence-electron chi connectivity index (χ0n) is 11.9. The van der Waals surface area contributed by atoms with Crippen LogP contribution in [0.4, 0.5) is 0 Å². The molecule has 0 heterocycles. The van der Waals surface area contributed by atoms with Crippen LogP contribution in [0.3, 0.4) is 0 Å². The van der Waals surface area contributed by atoms with E-state index in [0.717, 1.165) is 0 Å². The SMILES string of the molecule is C=C/C=C(\C=C/C)B(c1ccccc1)c1ccccc1. The maximum atomic E-state index is 3.84. The van der Waals surface area contributed by atoms with Crippen molar-refractivity contribution in [2.24, 2.45) is 0 Å². The van der Waals surface area contributed by atoms with Crippen molar-refractivity contribution in [2.45, 2.75) is 6.92 Å². The van der Waals surface area contributed by atoms with Crippen molar-refractivity contribution < 1.29 is 0 Å². The summed E-state index contributed by atoms with van der Waals surface area (Å²) >= 11 is 0. The van der Waals surface area contributed by atoms with Crippen LogP contribution in [0.5, 0.6) is 0 Å². The molecule has 0 saturated heterocycles. The monoisotopic (exact) mass is 258 g/mol. The van der Waals surface area contributed by atoms with Crippen molar-refractivity contribution in [2.75, 3.05) is 0 Å². The van der Waals surface area contributed by atoms with Crippen LogP contribution in [0.2, 0.25) is 0 Å². The van der Waals surface area contributed by atoms with Crippen LogP contribution >= 0.6 is 0 Å². The van der Waals surface area contributed by atoms with Gasteiger partial charge in [0, 0.05) is 0 Å². The molecule has 0 radical (unpaired) electrons. The molecule has 98 valence electrons. The Balaban J connectivity index is 2.55. The van der Waals surface area contributed by atoms with Crippen molar-refractivity contribution >= 4 is 17.6 Å². The average Bonchev–Trinajstić information content (AvgIpc) is 2.50. The van der Waals surface area contributed by atoms with Gasteiger partial charge in [0.25, 0.3) is 0 Å². The lowest BCUT2D eigenvalue weighted by Crippen LogP contribution is -2.43. The lowest BCUT2D eigenvalue weighted by molar-refractivity contribution is 1.67. The van der Waals surface area contributed by atoms with Crippen LogP contribution in [0, 0.1) is 0 Å². The molecule has 0 spiro atoms. The van der Waals surface area contributed by atoms with E-state index in [4.69, 9.17) is 0 Å². The highest BCUT2D eigenvalue weighted by Gasteiger charge is 2.21. The molecular formula is C19H19B. The number of allylic oxidation sites excluding steroid dienone is 5. The van der Waals surface area contributed by atoms with Gasteiger partial charge < -0.3 is 0 Å². The van der Waals surface area contributed by atoms with Crippen molar-refractivity contribution in [1.29, 1.82) is 0 Å². The fourth-order valence-electron chi connectivity index (χ4n) is 2.44. The van der Waals surface area contributed by atoms with E-state index in [9.17, 15) is 0 Å². The van der Waals surface area contributed by atoms with Gasteiger partial charge >= 0.3 is 0 Å². The predicted octanol–water partition coefficient (Wildman–Crippen LogP) is 3.52. The van der Waals surface area contributed by atoms with E-state index >= 15 is 0 Å². The standard InChI is InChI=1S/C19H19B/c1-3-11-17(12-4-2)20(18-13-7-5-8-14-18)19-15-9-6-10-16-19/h3-16H,1H2,2H3/b12-4-,17-11+. The Kier molecular flexibility index (Phi) is 5.19. The smallest absolute Gasteiger partial charge is 0.0991 e. The Bertz CT molecular complexity index is 555. The maximum Gasteiger partial charge on any atom is 0.241 e. The van der Waals surface area contributed by atoms with Gasteiger partial charge in [-0.1, -0.05) is 108 Å². The summed E-state index contributed by atoms with van der Waals surface area (Å²) in [4.78, 5) is 0. The third-order valence-corrected chi connectivity index (χ3v) is 3.27. The highest BCUT2D eigenvalue weighted by atomic mass is 14.0. The summed E-state index contributed by atoms with van der Waals surface area (Å²) in [7, 11) is 0. The second-order valence-corrected chi connectivity index (χ2v) is 4.66. The molecule has 2 aromatic rings. The Labute approximate surface area is 122 Å². The minimum Gasteiger partial charge on any atom is -0.0991 e. The second kappa shape index (κ2) is 7.35. The molecule has 0 aromatic heterocycles. The molecule has 20 heavy (non-hydrogen) atoms. The van der Waals surface area contributed by atoms with Crippen LogP contribution in [-0.2, 0) is 0 Å². The maximum absolute atomic E-state index is 3.84. The summed E-state index contributed by atoms with van der Waals surface area (Å²) < 4.78 is 0. The van der Waals surface area contributed by atoms with Gasteiger partial charge in [0.2, 0.25) is 6.71 Å². The van der Waals surface area contributed by atoms with Crippen molar-refractivity contribution in [3.05, 3.63) is 97.0 Å². The normalized spacial score (nSPS) is 11.6. The van der Waals surface area contributed by atoms with Crippen LogP contribution in [0.25, 0.3) is 0 Å². The Morgan fingerprint density at radius 2 is 1.40 bits per heavy atom. The molecule has 0 fully saturated rings. The zero-order chi connectivity index (χ0) is 14.2. The van der Waals surface area contributed by atoms with Crippen LogP contribution in [0.1, 0.15) is 6.92 Å². The van der Waals surface area contributed by atoms with Crippen LogP contribution < -0.4 is 10.9 Å². The Morgan fingerprint density at radius 3 is 1.80 bits per heavy atom. The third-order valence-electron chi connectivity index (χ3n) is 3.27. The highest BCUT2D eigenvalue weighted by molar-refractivity contribution is 6.91. The zero-order valence-corrected chi connectivity index (χ0v) is 11.9. The van der Waals surface area contributed by atoms with E-state index in [2.05, 4.69) is 85.5 Å².